The molecule has 1 fully saturated rings. The monoisotopic (exact) mass is 388 g/mol. The molecule has 0 aliphatic carbocycles. The molecule has 1 heterocycles. The Morgan fingerprint density at radius 3 is 2.56 bits per heavy atom. The number of urea groups is 1. The molecule has 1 aromatic carbocycles. The summed E-state index contributed by atoms with van der Waals surface area (Å²) in [4.78, 5) is 26.4. The fourth-order valence-electron chi connectivity index (χ4n) is 2.60. The number of likely N-dealkylation sites (N-methyl/N-ethyl adjacent to an activating group) is 1. The Hall–Kier alpha value is -1.50. The molecule has 1 aliphatic heterocycles. The van der Waals surface area contributed by atoms with Crippen molar-refractivity contribution in [1.82, 2.24) is 15.5 Å². The number of rotatable bonds is 3. The quantitative estimate of drug-likeness (QED) is 0.744. The summed E-state index contributed by atoms with van der Waals surface area (Å²) in [5, 5.41) is 9.17. The molecule has 0 spiro atoms. The van der Waals surface area contributed by atoms with Gasteiger partial charge >= 0.3 is 6.03 Å². The Kier molecular flexibility index (Phi) is 7.53. The molecule has 1 unspecified atom stereocenters. The topological polar surface area (TPSA) is 73.5 Å². The Morgan fingerprint density at radius 2 is 2.00 bits per heavy atom. The van der Waals surface area contributed by atoms with Crippen LogP contribution >= 0.6 is 24.0 Å². The fraction of sp³-hybridized carbons (Fsp3) is 0.529. The molecule has 25 heavy (non-hydrogen) atoms. The summed E-state index contributed by atoms with van der Waals surface area (Å²) in [7, 11) is 1.78. The molecule has 140 valence electrons. The number of nitrogens with one attached hydrogen (secondary N) is 3. The summed E-state index contributed by atoms with van der Waals surface area (Å²) >= 11 is 6.19. The van der Waals surface area contributed by atoms with Gasteiger partial charge in [-0.25, -0.2) is 4.79 Å². The van der Waals surface area contributed by atoms with Crippen molar-refractivity contribution in [1.29, 1.82) is 0 Å². The van der Waals surface area contributed by atoms with Gasteiger partial charge in [-0.15, -0.1) is 12.4 Å². The van der Waals surface area contributed by atoms with E-state index in [1.807, 2.05) is 20.8 Å². The number of carbonyl (C=O) groups excluding carboxylic acids is 2. The van der Waals surface area contributed by atoms with E-state index in [4.69, 9.17) is 11.6 Å². The average Bonchev–Trinajstić information content (AvgIpc) is 3.00. The third-order valence-corrected chi connectivity index (χ3v) is 4.18. The third-order valence-electron chi connectivity index (χ3n) is 3.85. The summed E-state index contributed by atoms with van der Waals surface area (Å²) < 4.78 is 0. The highest BCUT2D eigenvalue weighted by molar-refractivity contribution is 6.34. The number of carbonyl (C=O) groups is 2. The van der Waals surface area contributed by atoms with Crippen molar-refractivity contribution in [3.8, 4) is 0 Å². The smallest absolute Gasteiger partial charge is 0.319 e. The minimum absolute atomic E-state index is 0. The van der Waals surface area contributed by atoms with Crippen molar-refractivity contribution >= 4 is 41.6 Å². The van der Waals surface area contributed by atoms with Crippen LogP contribution in [0.3, 0.4) is 0 Å². The lowest BCUT2D eigenvalue weighted by molar-refractivity contribution is 0.0744. The minimum Gasteiger partial charge on any atom is -0.337 e. The van der Waals surface area contributed by atoms with Crippen molar-refractivity contribution < 1.29 is 9.59 Å². The molecule has 1 saturated heterocycles. The number of hydrogen-bond acceptors (Lipinski definition) is 3. The summed E-state index contributed by atoms with van der Waals surface area (Å²) in [6.07, 6.45) is 0.922. The van der Waals surface area contributed by atoms with Gasteiger partial charge in [-0.3, -0.25) is 4.79 Å². The lowest BCUT2D eigenvalue weighted by Crippen LogP contribution is -2.43. The van der Waals surface area contributed by atoms with Gasteiger partial charge < -0.3 is 20.9 Å². The van der Waals surface area contributed by atoms with Crippen LogP contribution < -0.4 is 16.0 Å². The van der Waals surface area contributed by atoms with E-state index in [1.54, 1.807) is 30.1 Å². The molecule has 8 heteroatoms. The van der Waals surface area contributed by atoms with Gasteiger partial charge in [0.25, 0.3) is 5.91 Å². The summed E-state index contributed by atoms with van der Waals surface area (Å²) in [6.45, 7) is 7.38. The lowest BCUT2D eigenvalue weighted by atomic mass is 10.1. The number of benzene rings is 1. The highest BCUT2D eigenvalue weighted by Crippen LogP contribution is 2.23. The maximum absolute atomic E-state index is 12.7. The summed E-state index contributed by atoms with van der Waals surface area (Å²) in [6, 6.07) is 4.76. The zero-order valence-corrected chi connectivity index (χ0v) is 16.6. The van der Waals surface area contributed by atoms with E-state index in [-0.39, 0.29) is 35.9 Å². The largest absolute Gasteiger partial charge is 0.337 e. The molecule has 6 nitrogen and oxygen atoms in total. The third kappa shape index (κ3) is 6.06. The molecule has 3 amide bonds. The van der Waals surface area contributed by atoms with Gasteiger partial charge in [0, 0.05) is 30.9 Å². The number of nitrogens with zero attached hydrogens (tertiary/aromatic N) is 1. The first kappa shape index (κ1) is 21.5. The van der Waals surface area contributed by atoms with E-state index < -0.39 is 0 Å². The van der Waals surface area contributed by atoms with Crippen LogP contribution in [0.2, 0.25) is 5.02 Å². The molecule has 0 saturated carbocycles. The maximum Gasteiger partial charge on any atom is 0.319 e. The van der Waals surface area contributed by atoms with Crippen LogP contribution in [0.5, 0.6) is 0 Å². The van der Waals surface area contributed by atoms with E-state index in [0.717, 1.165) is 19.5 Å². The first-order chi connectivity index (χ1) is 11.2. The van der Waals surface area contributed by atoms with Crippen molar-refractivity contribution in [2.45, 2.75) is 38.8 Å². The highest BCUT2D eigenvalue weighted by Gasteiger charge is 2.25. The van der Waals surface area contributed by atoms with Crippen molar-refractivity contribution in [3.05, 3.63) is 28.8 Å². The highest BCUT2D eigenvalue weighted by atomic mass is 35.5. The molecule has 2 rings (SSSR count). The second-order valence-electron chi connectivity index (χ2n) is 7.09. The number of hydrogen-bond donors (Lipinski definition) is 3. The Morgan fingerprint density at radius 1 is 1.32 bits per heavy atom. The molecule has 0 radical (unpaired) electrons. The maximum atomic E-state index is 12.7. The zero-order chi connectivity index (χ0) is 17.9. The van der Waals surface area contributed by atoms with E-state index in [0.29, 0.717) is 16.3 Å². The van der Waals surface area contributed by atoms with E-state index in [1.165, 1.54) is 0 Å². The average molecular weight is 389 g/mol. The van der Waals surface area contributed by atoms with Crippen molar-refractivity contribution in [3.63, 3.8) is 0 Å². The number of halogens is 2. The second-order valence-corrected chi connectivity index (χ2v) is 7.49. The first-order valence-corrected chi connectivity index (χ1v) is 8.42. The van der Waals surface area contributed by atoms with Gasteiger partial charge in [0.2, 0.25) is 0 Å². The first-order valence-electron chi connectivity index (χ1n) is 8.04. The van der Waals surface area contributed by atoms with Crippen LogP contribution in [0.25, 0.3) is 0 Å². The van der Waals surface area contributed by atoms with Crippen LogP contribution in [0.15, 0.2) is 18.2 Å². The summed E-state index contributed by atoms with van der Waals surface area (Å²) in [5.74, 6) is -0.145. The molecular formula is C17H26Cl2N4O2. The molecule has 3 N–H and O–H groups in total. The zero-order valence-electron chi connectivity index (χ0n) is 15.0. The van der Waals surface area contributed by atoms with Gasteiger partial charge in [-0.1, -0.05) is 11.6 Å². The van der Waals surface area contributed by atoms with Crippen molar-refractivity contribution in [2.24, 2.45) is 0 Å². The Balaban J connectivity index is 0.00000312. The Bertz CT molecular complexity index is 626. The van der Waals surface area contributed by atoms with Crippen LogP contribution in [-0.2, 0) is 0 Å². The van der Waals surface area contributed by atoms with E-state index in [2.05, 4.69) is 16.0 Å². The molecule has 0 bridgehead atoms. The fourth-order valence-corrected chi connectivity index (χ4v) is 2.79. The number of amides is 3. The SMILES string of the molecule is CN(C(=O)c1cc(NC(=O)NC(C)(C)C)ccc1Cl)C1CCNC1.Cl. The predicted molar refractivity (Wildman–Crippen MR) is 104 cm³/mol. The van der Waals surface area contributed by atoms with Gasteiger partial charge in [-0.2, -0.15) is 0 Å². The van der Waals surface area contributed by atoms with Crippen LogP contribution in [-0.4, -0.2) is 48.6 Å². The molecule has 0 aromatic heterocycles. The van der Waals surface area contributed by atoms with E-state index in [9.17, 15) is 9.59 Å². The minimum atomic E-state index is -0.342. The predicted octanol–water partition coefficient (Wildman–Crippen LogP) is 3.12. The van der Waals surface area contributed by atoms with Gasteiger partial charge in [0.05, 0.1) is 10.6 Å². The van der Waals surface area contributed by atoms with E-state index >= 15 is 0 Å². The van der Waals surface area contributed by atoms with Crippen LogP contribution in [0.1, 0.15) is 37.6 Å². The van der Waals surface area contributed by atoms with Gasteiger partial charge in [-0.05, 0) is 51.9 Å². The van der Waals surface area contributed by atoms with Gasteiger partial charge in [0.15, 0.2) is 0 Å². The Labute approximate surface area is 160 Å². The molecular weight excluding hydrogens is 363 g/mol. The number of anilines is 1. The van der Waals surface area contributed by atoms with Gasteiger partial charge in [0.1, 0.15) is 0 Å². The molecule has 1 aromatic rings. The molecule has 1 atom stereocenters. The normalized spacial score (nSPS) is 16.8. The lowest BCUT2D eigenvalue weighted by Gasteiger charge is -2.24. The van der Waals surface area contributed by atoms with Crippen molar-refractivity contribution in [2.75, 3.05) is 25.5 Å². The standard InChI is InChI=1S/C17H25ClN4O2.ClH/c1-17(2,3)21-16(24)20-11-5-6-14(18)13(9-11)15(23)22(4)12-7-8-19-10-12;/h5-6,9,12,19H,7-8,10H2,1-4H3,(H2,20,21,24);1H. The molecule has 1 aliphatic rings. The summed E-state index contributed by atoms with van der Waals surface area (Å²) in [5.41, 5.74) is 0.576. The van der Waals surface area contributed by atoms with Crippen LogP contribution in [0.4, 0.5) is 10.5 Å². The van der Waals surface area contributed by atoms with Crippen LogP contribution in [0, 0.1) is 0 Å². The second kappa shape index (κ2) is 8.74.